The summed E-state index contributed by atoms with van der Waals surface area (Å²) < 4.78 is 45.6. The van der Waals surface area contributed by atoms with Crippen molar-refractivity contribution >= 4 is 17.1 Å². The standard InChI is InChI=1S/C23H23F3N4O3/c1-22(2,3)33-21(32)29-9-8-16-17-10-27-13-28-19(17)30(20(31)18(16)12-29)11-14-4-6-15(7-5-14)23(24,25)26/h4-7,10,13H,8-9,11-12H2,1-3H3. The molecule has 0 unspecified atom stereocenters. The fourth-order valence-corrected chi connectivity index (χ4v) is 3.88. The fraction of sp³-hybridized carbons (Fsp3) is 0.391. The van der Waals surface area contributed by atoms with Gasteiger partial charge in [0, 0.05) is 23.7 Å². The van der Waals surface area contributed by atoms with E-state index < -0.39 is 23.4 Å². The molecule has 0 atom stereocenters. The van der Waals surface area contributed by atoms with E-state index >= 15 is 0 Å². The Bertz CT molecular complexity index is 1260. The monoisotopic (exact) mass is 460 g/mol. The molecule has 0 bridgehead atoms. The van der Waals surface area contributed by atoms with Gasteiger partial charge in [-0.25, -0.2) is 14.8 Å². The summed E-state index contributed by atoms with van der Waals surface area (Å²) >= 11 is 0. The zero-order valence-electron chi connectivity index (χ0n) is 18.4. The third kappa shape index (κ3) is 4.69. The molecule has 1 aliphatic rings. The fourth-order valence-electron chi connectivity index (χ4n) is 3.88. The Kier molecular flexibility index (Phi) is 5.63. The van der Waals surface area contributed by atoms with Gasteiger partial charge in [-0.2, -0.15) is 13.2 Å². The first-order valence-corrected chi connectivity index (χ1v) is 10.4. The molecule has 3 aromatic rings. The van der Waals surface area contributed by atoms with Crippen LogP contribution in [0.15, 0.2) is 41.6 Å². The molecular formula is C23H23F3N4O3. The normalized spacial score (nSPS) is 14.3. The summed E-state index contributed by atoms with van der Waals surface area (Å²) in [6.07, 6.45) is -1.56. The highest BCUT2D eigenvalue weighted by molar-refractivity contribution is 5.80. The highest BCUT2D eigenvalue weighted by Crippen LogP contribution is 2.29. The number of halogens is 3. The van der Waals surface area contributed by atoms with Gasteiger partial charge in [-0.1, -0.05) is 12.1 Å². The molecule has 3 heterocycles. The number of amides is 1. The molecule has 174 valence electrons. The van der Waals surface area contributed by atoms with E-state index in [1.54, 1.807) is 27.0 Å². The maximum atomic E-state index is 13.5. The Morgan fingerprint density at radius 2 is 1.82 bits per heavy atom. The van der Waals surface area contributed by atoms with Gasteiger partial charge >= 0.3 is 12.3 Å². The first kappa shape index (κ1) is 22.8. The van der Waals surface area contributed by atoms with Crippen LogP contribution < -0.4 is 5.56 Å². The first-order chi connectivity index (χ1) is 15.4. The molecular weight excluding hydrogens is 437 g/mol. The second-order valence-electron chi connectivity index (χ2n) is 8.96. The Hall–Kier alpha value is -3.43. The van der Waals surface area contributed by atoms with Crippen LogP contribution in [0.4, 0.5) is 18.0 Å². The molecule has 1 aliphatic heterocycles. The van der Waals surface area contributed by atoms with E-state index in [1.165, 1.54) is 27.9 Å². The van der Waals surface area contributed by atoms with E-state index in [0.717, 1.165) is 17.7 Å². The van der Waals surface area contributed by atoms with Gasteiger partial charge in [0.2, 0.25) is 0 Å². The number of nitrogens with zero attached hydrogens (tertiary/aromatic N) is 4. The summed E-state index contributed by atoms with van der Waals surface area (Å²) in [6.45, 7) is 5.79. The molecule has 2 aromatic heterocycles. The van der Waals surface area contributed by atoms with Crippen LogP contribution in [-0.4, -0.2) is 37.7 Å². The quantitative estimate of drug-likeness (QED) is 0.574. The number of carbonyl (C=O) groups is 1. The zero-order valence-corrected chi connectivity index (χ0v) is 18.4. The average molecular weight is 460 g/mol. The molecule has 1 aromatic carbocycles. The van der Waals surface area contributed by atoms with Crippen molar-refractivity contribution in [2.24, 2.45) is 0 Å². The van der Waals surface area contributed by atoms with Crippen LogP contribution in [0, 0.1) is 0 Å². The summed E-state index contributed by atoms with van der Waals surface area (Å²) in [5.41, 5.74) is 0.357. The van der Waals surface area contributed by atoms with Gasteiger partial charge in [-0.15, -0.1) is 0 Å². The second kappa shape index (κ2) is 8.17. The predicted octanol–water partition coefficient (Wildman–Crippen LogP) is 4.15. The SMILES string of the molecule is CC(C)(C)OC(=O)N1CCc2c(c(=O)n(Cc3ccc(C(F)(F)F)cc3)c3ncncc23)C1. The van der Waals surface area contributed by atoms with Crippen molar-refractivity contribution in [1.82, 2.24) is 19.4 Å². The largest absolute Gasteiger partial charge is 0.444 e. The lowest BCUT2D eigenvalue weighted by Gasteiger charge is -2.31. The lowest BCUT2D eigenvalue weighted by Crippen LogP contribution is -2.43. The maximum Gasteiger partial charge on any atom is 0.416 e. The van der Waals surface area contributed by atoms with E-state index in [4.69, 9.17) is 4.74 Å². The number of aromatic nitrogens is 3. The van der Waals surface area contributed by atoms with Crippen LogP contribution in [0.5, 0.6) is 0 Å². The van der Waals surface area contributed by atoms with E-state index in [0.29, 0.717) is 35.1 Å². The Balaban J connectivity index is 1.74. The minimum Gasteiger partial charge on any atom is -0.444 e. The summed E-state index contributed by atoms with van der Waals surface area (Å²) in [6, 6.07) is 4.66. The van der Waals surface area contributed by atoms with Gasteiger partial charge in [0.15, 0.2) is 0 Å². The Labute approximate surface area is 187 Å². The van der Waals surface area contributed by atoms with Crippen molar-refractivity contribution in [3.63, 3.8) is 0 Å². The number of pyridine rings is 1. The number of hydrogen-bond acceptors (Lipinski definition) is 5. The summed E-state index contributed by atoms with van der Waals surface area (Å²) in [7, 11) is 0. The zero-order chi connectivity index (χ0) is 24.0. The maximum absolute atomic E-state index is 13.5. The van der Waals surface area contributed by atoms with Crippen molar-refractivity contribution < 1.29 is 22.7 Å². The number of rotatable bonds is 2. The van der Waals surface area contributed by atoms with E-state index in [1.807, 2.05) is 0 Å². The molecule has 0 spiro atoms. The van der Waals surface area contributed by atoms with Gasteiger partial charge in [0.1, 0.15) is 17.6 Å². The van der Waals surface area contributed by atoms with Crippen LogP contribution in [0.1, 0.15) is 43.0 Å². The van der Waals surface area contributed by atoms with E-state index in [2.05, 4.69) is 9.97 Å². The van der Waals surface area contributed by atoms with Crippen molar-refractivity contribution in [2.45, 2.75) is 52.1 Å². The van der Waals surface area contributed by atoms with Crippen molar-refractivity contribution in [1.29, 1.82) is 0 Å². The number of fused-ring (bicyclic) bond motifs is 3. The van der Waals surface area contributed by atoms with Gasteiger partial charge < -0.3 is 9.64 Å². The lowest BCUT2D eigenvalue weighted by molar-refractivity contribution is -0.137. The van der Waals surface area contributed by atoms with Gasteiger partial charge in [-0.05, 0) is 50.5 Å². The topological polar surface area (TPSA) is 77.3 Å². The molecule has 33 heavy (non-hydrogen) atoms. The van der Waals surface area contributed by atoms with Gasteiger partial charge in [-0.3, -0.25) is 9.36 Å². The summed E-state index contributed by atoms with van der Waals surface area (Å²) in [5, 5.41) is 0.683. The highest BCUT2D eigenvalue weighted by Gasteiger charge is 2.31. The number of ether oxygens (including phenoxy) is 1. The third-order valence-electron chi connectivity index (χ3n) is 5.39. The molecule has 10 heteroatoms. The minimum atomic E-state index is -4.44. The van der Waals surface area contributed by atoms with E-state index in [9.17, 15) is 22.8 Å². The molecule has 0 aliphatic carbocycles. The molecule has 0 radical (unpaired) electrons. The van der Waals surface area contributed by atoms with Gasteiger partial charge in [0.05, 0.1) is 18.7 Å². The van der Waals surface area contributed by atoms with Crippen LogP contribution in [0.2, 0.25) is 0 Å². The average Bonchev–Trinajstić information content (AvgIpc) is 2.75. The Morgan fingerprint density at radius 3 is 2.45 bits per heavy atom. The molecule has 0 N–H and O–H groups in total. The lowest BCUT2D eigenvalue weighted by atomic mass is 9.98. The van der Waals surface area contributed by atoms with Crippen molar-refractivity contribution in [3.8, 4) is 0 Å². The Morgan fingerprint density at radius 1 is 1.12 bits per heavy atom. The molecule has 0 saturated heterocycles. The highest BCUT2D eigenvalue weighted by atomic mass is 19.4. The van der Waals surface area contributed by atoms with Crippen molar-refractivity contribution in [3.05, 3.63) is 69.4 Å². The van der Waals surface area contributed by atoms with Crippen LogP contribution >= 0.6 is 0 Å². The molecule has 7 nitrogen and oxygen atoms in total. The number of alkyl halides is 3. The molecule has 0 saturated carbocycles. The van der Waals surface area contributed by atoms with E-state index in [-0.39, 0.29) is 18.6 Å². The van der Waals surface area contributed by atoms with Crippen LogP contribution in [0.25, 0.3) is 11.0 Å². The second-order valence-corrected chi connectivity index (χ2v) is 8.96. The first-order valence-electron chi connectivity index (χ1n) is 10.4. The number of benzene rings is 1. The van der Waals surface area contributed by atoms with Crippen molar-refractivity contribution in [2.75, 3.05) is 6.54 Å². The smallest absolute Gasteiger partial charge is 0.416 e. The molecule has 4 rings (SSSR count). The number of carbonyl (C=O) groups excluding carboxylic acids is 1. The van der Waals surface area contributed by atoms with Crippen LogP contribution in [-0.2, 0) is 30.4 Å². The molecule has 0 fully saturated rings. The minimum absolute atomic E-state index is 0.0319. The summed E-state index contributed by atoms with van der Waals surface area (Å²) in [5.74, 6) is 0. The summed E-state index contributed by atoms with van der Waals surface area (Å²) in [4.78, 5) is 35.9. The molecule has 1 amide bonds. The van der Waals surface area contributed by atoms with Gasteiger partial charge in [0.25, 0.3) is 5.56 Å². The van der Waals surface area contributed by atoms with Crippen LogP contribution in [0.3, 0.4) is 0 Å². The number of hydrogen-bond donors (Lipinski definition) is 0. The predicted molar refractivity (Wildman–Crippen MR) is 115 cm³/mol. The third-order valence-corrected chi connectivity index (χ3v) is 5.39.